The lowest BCUT2D eigenvalue weighted by Gasteiger charge is -2.24. The maximum absolute atomic E-state index is 2.47. The first-order chi connectivity index (χ1) is 9.19. The van der Waals surface area contributed by atoms with Gasteiger partial charge in [-0.1, -0.05) is 95.2 Å². The van der Waals surface area contributed by atoms with E-state index < -0.39 is 0 Å². The molecule has 0 aromatic carbocycles. The molecule has 2 rings (SSSR count). The van der Waals surface area contributed by atoms with Crippen LogP contribution < -0.4 is 0 Å². The molecule has 0 heteroatoms. The summed E-state index contributed by atoms with van der Waals surface area (Å²) in [6.45, 7) is 13.9. The SMILES string of the molecule is CC(C)(C)C1=CC(C(C)(C)C)=C(C2C=CC=CC=C2)C1. The fourth-order valence-corrected chi connectivity index (χ4v) is 2.89. The molecule has 0 radical (unpaired) electrons. The highest BCUT2D eigenvalue weighted by molar-refractivity contribution is 5.48. The van der Waals surface area contributed by atoms with Crippen molar-refractivity contribution in [2.75, 3.05) is 0 Å². The van der Waals surface area contributed by atoms with E-state index in [1.807, 2.05) is 0 Å². The molecular weight excluding hydrogens is 240 g/mol. The van der Waals surface area contributed by atoms with Gasteiger partial charge >= 0.3 is 0 Å². The van der Waals surface area contributed by atoms with Crippen LogP contribution in [0.1, 0.15) is 48.0 Å². The van der Waals surface area contributed by atoms with Crippen molar-refractivity contribution in [2.45, 2.75) is 48.0 Å². The van der Waals surface area contributed by atoms with Gasteiger partial charge in [-0.2, -0.15) is 0 Å². The van der Waals surface area contributed by atoms with Gasteiger partial charge in [0.25, 0.3) is 0 Å². The van der Waals surface area contributed by atoms with Crippen molar-refractivity contribution in [2.24, 2.45) is 16.7 Å². The molecule has 0 saturated heterocycles. The minimum atomic E-state index is 0.212. The summed E-state index contributed by atoms with van der Waals surface area (Å²) in [4.78, 5) is 0. The Morgan fingerprint density at radius 2 is 1.35 bits per heavy atom. The maximum Gasteiger partial charge on any atom is 0.0172 e. The molecule has 20 heavy (non-hydrogen) atoms. The molecule has 0 bridgehead atoms. The van der Waals surface area contributed by atoms with Crippen LogP contribution in [0.5, 0.6) is 0 Å². The van der Waals surface area contributed by atoms with Crippen LogP contribution in [0.3, 0.4) is 0 Å². The number of hydrogen-bond donors (Lipinski definition) is 0. The Labute approximate surface area is 124 Å². The molecule has 0 amide bonds. The van der Waals surface area contributed by atoms with Gasteiger partial charge in [0.1, 0.15) is 0 Å². The van der Waals surface area contributed by atoms with Crippen molar-refractivity contribution in [1.82, 2.24) is 0 Å². The van der Waals surface area contributed by atoms with E-state index in [4.69, 9.17) is 0 Å². The van der Waals surface area contributed by atoms with Crippen LogP contribution in [-0.2, 0) is 0 Å². The fraction of sp³-hybridized carbons (Fsp3) is 0.500. The van der Waals surface area contributed by atoms with E-state index >= 15 is 0 Å². The average molecular weight is 268 g/mol. The van der Waals surface area contributed by atoms with E-state index in [0.29, 0.717) is 5.92 Å². The molecule has 2 aliphatic rings. The van der Waals surface area contributed by atoms with Gasteiger partial charge in [-0.15, -0.1) is 0 Å². The molecule has 0 aromatic heterocycles. The van der Waals surface area contributed by atoms with Crippen LogP contribution in [0, 0.1) is 16.7 Å². The van der Waals surface area contributed by atoms with E-state index in [2.05, 4.69) is 84.1 Å². The quantitative estimate of drug-likeness (QED) is 0.547. The van der Waals surface area contributed by atoms with E-state index in [0.717, 1.165) is 6.42 Å². The molecule has 0 atom stereocenters. The predicted molar refractivity (Wildman–Crippen MR) is 89.5 cm³/mol. The molecule has 0 aromatic rings. The van der Waals surface area contributed by atoms with E-state index in [-0.39, 0.29) is 10.8 Å². The summed E-state index contributed by atoms with van der Waals surface area (Å²) in [6, 6.07) is 0. The molecule has 0 N–H and O–H groups in total. The average Bonchev–Trinajstić information content (AvgIpc) is 2.60. The van der Waals surface area contributed by atoms with Crippen LogP contribution in [0.2, 0.25) is 0 Å². The molecule has 0 heterocycles. The van der Waals surface area contributed by atoms with Gasteiger partial charge in [-0.3, -0.25) is 0 Å². The zero-order valence-corrected chi connectivity index (χ0v) is 13.8. The first kappa shape index (κ1) is 15.1. The fourth-order valence-electron chi connectivity index (χ4n) is 2.89. The second-order valence-corrected chi connectivity index (χ2v) is 7.97. The Hall–Kier alpha value is -1.30. The molecule has 2 aliphatic carbocycles. The zero-order chi connectivity index (χ0) is 15.0. The van der Waals surface area contributed by atoms with Crippen LogP contribution in [0.25, 0.3) is 0 Å². The molecule has 0 aliphatic heterocycles. The van der Waals surface area contributed by atoms with Crippen molar-refractivity contribution in [1.29, 1.82) is 0 Å². The van der Waals surface area contributed by atoms with Gasteiger partial charge in [0.15, 0.2) is 0 Å². The Morgan fingerprint density at radius 1 is 0.800 bits per heavy atom. The van der Waals surface area contributed by atoms with Gasteiger partial charge in [-0.05, 0) is 22.8 Å². The van der Waals surface area contributed by atoms with Gasteiger partial charge in [0.2, 0.25) is 0 Å². The van der Waals surface area contributed by atoms with E-state index in [1.54, 1.807) is 11.1 Å². The largest absolute Gasteiger partial charge is 0.0735 e. The highest BCUT2D eigenvalue weighted by atomic mass is 14.4. The Bertz CT molecular complexity index is 503. The van der Waals surface area contributed by atoms with Crippen LogP contribution in [0.4, 0.5) is 0 Å². The topological polar surface area (TPSA) is 0 Å². The molecule has 0 saturated carbocycles. The Morgan fingerprint density at radius 3 is 1.80 bits per heavy atom. The van der Waals surface area contributed by atoms with Crippen molar-refractivity contribution in [3.8, 4) is 0 Å². The summed E-state index contributed by atoms with van der Waals surface area (Å²) >= 11 is 0. The summed E-state index contributed by atoms with van der Waals surface area (Å²) < 4.78 is 0. The van der Waals surface area contributed by atoms with Gasteiger partial charge in [0.05, 0.1) is 0 Å². The molecule has 0 nitrogen and oxygen atoms in total. The number of allylic oxidation sites excluding steroid dienone is 10. The smallest absolute Gasteiger partial charge is 0.0172 e. The lowest BCUT2D eigenvalue weighted by Crippen LogP contribution is -2.11. The minimum Gasteiger partial charge on any atom is -0.0735 e. The summed E-state index contributed by atoms with van der Waals surface area (Å²) in [6.07, 6.45) is 16.8. The molecule has 0 spiro atoms. The maximum atomic E-state index is 2.47. The van der Waals surface area contributed by atoms with Gasteiger partial charge < -0.3 is 0 Å². The normalized spacial score (nSPS) is 20.6. The third kappa shape index (κ3) is 3.23. The van der Waals surface area contributed by atoms with E-state index in [9.17, 15) is 0 Å². The third-order valence-corrected chi connectivity index (χ3v) is 4.19. The summed E-state index contributed by atoms with van der Waals surface area (Å²) in [5.74, 6) is 0.440. The van der Waals surface area contributed by atoms with Crippen molar-refractivity contribution >= 4 is 0 Å². The van der Waals surface area contributed by atoms with Crippen molar-refractivity contribution < 1.29 is 0 Å². The molecule has 0 unspecified atom stereocenters. The summed E-state index contributed by atoms with van der Waals surface area (Å²) in [7, 11) is 0. The number of rotatable bonds is 1. The second kappa shape index (κ2) is 5.24. The van der Waals surface area contributed by atoms with Crippen LogP contribution in [-0.4, -0.2) is 0 Å². The summed E-state index contributed by atoms with van der Waals surface area (Å²) in [5.41, 5.74) is 5.15. The monoisotopic (exact) mass is 268 g/mol. The predicted octanol–water partition coefficient (Wildman–Crippen LogP) is 6.00. The Kier molecular flexibility index (Phi) is 3.95. The third-order valence-electron chi connectivity index (χ3n) is 4.19. The zero-order valence-electron chi connectivity index (χ0n) is 13.8. The highest BCUT2D eigenvalue weighted by Crippen LogP contribution is 2.46. The lowest BCUT2D eigenvalue weighted by atomic mass is 9.81. The molecule has 0 fully saturated rings. The standard InChI is InChI=1S/C20H28/c1-19(2,3)16-13-17(18(14-16)20(4,5)6)15-11-9-7-8-10-12-15/h7-12,14-15H,13H2,1-6H3. The Balaban J connectivity index is 2.40. The van der Waals surface area contributed by atoms with Gasteiger partial charge in [0, 0.05) is 5.92 Å². The second-order valence-electron chi connectivity index (χ2n) is 7.97. The molecular formula is C20H28. The highest BCUT2D eigenvalue weighted by Gasteiger charge is 2.31. The number of hydrogen-bond acceptors (Lipinski definition) is 0. The van der Waals surface area contributed by atoms with Crippen molar-refractivity contribution in [3.63, 3.8) is 0 Å². The summed E-state index contributed by atoms with van der Waals surface area (Å²) in [5, 5.41) is 0. The van der Waals surface area contributed by atoms with Gasteiger partial charge in [-0.25, -0.2) is 0 Å². The van der Waals surface area contributed by atoms with Crippen molar-refractivity contribution in [3.05, 3.63) is 59.3 Å². The first-order valence-electron chi connectivity index (χ1n) is 7.66. The van der Waals surface area contributed by atoms with Crippen LogP contribution in [0.15, 0.2) is 59.3 Å². The van der Waals surface area contributed by atoms with Crippen LogP contribution >= 0.6 is 0 Å². The minimum absolute atomic E-state index is 0.212. The lowest BCUT2D eigenvalue weighted by molar-refractivity contribution is 0.492. The first-order valence-corrected chi connectivity index (χ1v) is 7.66. The molecule has 108 valence electrons. The van der Waals surface area contributed by atoms with E-state index in [1.165, 1.54) is 5.57 Å².